The van der Waals surface area contributed by atoms with E-state index in [1.54, 1.807) is 48.5 Å². The minimum absolute atomic E-state index is 0.117. The first-order valence-corrected chi connectivity index (χ1v) is 20.4. The molecule has 4 aromatic carbocycles. The van der Waals surface area contributed by atoms with Crippen molar-refractivity contribution in [2.24, 2.45) is 11.8 Å². The number of fused-ring (bicyclic) bond motifs is 2. The molecule has 2 heterocycles. The molecule has 6 rings (SSSR count). The van der Waals surface area contributed by atoms with Gasteiger partial charge in [0.25, 0.3) is 11.8 Å². The second-order valence-electron chi connectivity index (χ2n) is 15.8. The molecule has 0 aromatic heterocycles. The van der Waals surface area contributed by atoms with Gasteiger partial charge in [0.2, 0.25) is 0 Å². The zero-order valence-corrected chi connectivity index (χ0v) is 35.7. The molecule has 0 spiro atoms. The van der Waals surface area contributed by atoms with E-state index >= 15 is 0 Å². The Morgan fingerprint density at radius 3 is 1.16 bits per heavy atom. The van der Waals surface area contributed by atoms with Crippen LogP contribution in [0.2, 0.25) is 0 Å². The Morgan fingerprint density at radius 2 is 0.855 bits per heavy atom. The van der Waals surface area contributed by atoms with Crippen LogP contribution >= 0.6 is 0 Å². The Labute approximate surface area is 361 Å². The average Bonchev–Trinajstić information content (AvgIpc) is 3.26. The number of aliphatic carboxylic acids is 2. The van der Waals surface area contributed by atoms with Gasteiger partial charge >= 0.3 is 23.9 Å². The molecule has 0 aliphatic carbocycles. The van der Waals surface area contributed by atoms with Crippen LogP contribution in [0.15, 0.2) is 109 Å². The van der Waals surface area contributed by atoms with Gasteiger partial charge in [0.05, 0.1) is 51.7 Å². The van der Waals surface area contributed by atoms with E-state index in [2.05, 4.69) is 0 Å². The largest absolute Gasteiger partial charge is 0.481 e. The summed E-state index contributed by atoms with van der Waals surface area (Å²) in [7, 11) is 2.47. The lowest BCUT2D eigenvalue weighted by atomic mass is 9.78. The molecule has 0 bridgehead atoms. The van der Waals surface area contributed by atoms with Crippen LogP contribution in [0, 0.1) is 11.8 Å². The van der Waals surface area contributed by atoms with E-state index in [1.165, 1.54) is 24.0 Å². The Bertz CT molecular complexity index is 2040. The first-order chi connectivity index (χ1) is 29.7. The Hall–Kier alpha value is -6.38. The molecule has 2 amide bonds. The first kappa shape index (κ1) is 46.7. The SMILES string of the molecule is COC(=O)CN1C(=O)c2ccccc2[C@H](C(=O)O)[C@H]1[C@@H](OCc1ccccc1)C(C)C.COC(=O)CN1C(=O)c2ccccc2[C@H](C(=O)O)[C@H]1[C@@H](OCc1ccccc1)C(C)C. The molecule has 0 radical (unpaired) electrons. The number of rotatable bonds is 16. The van der Waals surface area contributed by atoms with Gasteiger partial charge in [-0.1, -0.05) is 125 Å². The second-order valence-corrected chi connectivity index (χ2v) is 15.8. The third-order valence-corrected chi connectivity index (χ3v) is 11.1. The molecule has 14 heteroatoms. The highest BCUT2D eigenvalue weighted by atomic mass is 16.5. The highest BCUT2D eigenvalue weighted by Gasteiger charge is 2.50. The van der Waals surface area contributed by atoms with E-state index in [0.717, 1.165) is 11.1 Å². The van der Waals surface area contributed by atoms with Gasteiger partial charge < -0.3 is 39.0 Å². The summed E-state index contributed by atoms with van der Waals surface area (Å²) in [4.78, 5) is 78.3. The Morgan fingerprint density at radius 1 is 0.532 bits per heavy atom. The van der Waals surface area contributed by atoms with Crippen LogP contribution in [0.5, 0.6) is 0 Å². The molecule has 2 aliphatic heterocycles. The number of carbonyl (C=O) groups is 6. The topological polar surface area (TPSA) is 186 Å². The molecule has 0 saturated carbocycles. The van der Waals surface area contributed by atoms with Crippen molar-refractivity contribution in [2.45, 2.75) is 77.0 Å². The van der Waals surface area contributed by atoms with Crippen molar-refractivity contribution < 1.29 is 57.9 Å². The molecule has 14 nitrogen and oxygen atoms in total. The summed E-state index contributed by atoms with van der Waals surface area (Å²) in [5, 5.41) is 20.3. The van der Waals surface area contributed by atoms with Gasteiger partial charge in [-0.25, -0.2) is 0 Å². The van der Waals surface area contributed by atoms with Gasteiger partial charge in [-0.15, -0.1) is 0 Å². The molecule has 0 saturated heterocycles. The van der Waals surface area contributed by atoms with Gasteiger partial charge in [-0.05, 0) is 46.2 Å². The standard InChI is InChI=1S/2C24H27NO6/c2*1-15(2)22(31-14-16-9-5-4-6-10-16)21-20(24(28)29)17-11-7-8-12-18(17)23(27)25(21)13-19(26)30-3/h2*4-12,15,20-22H,13-14H2,1-3H3,(H,28,29)/t2*20-,21-,22-/m00/s1. The lowest BCUT2D eigenvalue weighted by Crippen LogP contribution is -2.58. The number of carbonyl (C=O) groups excluding carboxylic acids is 4. The maximum Gasteiger partial charge on any atom is 0.325 e. The smallest absolute Gasteiger partial charge is 0.325 e. The summed E-state index contributed by atoms with van der Waals surface area (Å²) < 4.78 is 22.0. The van der Waals surface area contributed by atoms with E-state index in [0.29, 0.717) is 11.1 Å². The van der Waals surface area contributed by atoms with Crippen LogP contribution in [0.3, 0.4) is 0 Å². The summed E-state index contributed by atoms with van der Waals surface area (Å²) >= 11 is 0. The fourth-order valence-electron chi connectivity index (χ4n) is 8.19. The minimum Gasteiger partial charge on any atom is -0.481 e. The summed E-state index contributed by atoms with van der Waals surface area (Å²) in [6.45, 7) is 7.46. The second kappa shape index (κ2) is 21.4. The summed E-state index contributed by atoms with van der Waals surface area (Å²) in [5.74, 6) is -6.51. The van der Waals surface area contributed by atoms with Crippen molar-refractivity contribution in [3.63, 3.8) is 0 Å². The van der Waals surface area contributed by atoms with Crippen LogP contribution in [0.25, 0.3) is 0 Å². The number of hydrogen-bond donors (Lipinski definition) is 2. The zero-order valence-electron chi connectivity index (χ0n) is 35.7. The van der Waals surface area contributed by atoms with Crippen molar-refractivity contribution in [1.29, 1.82) is 0 Å². The lowest BCUT2D eigenvalue weighted by molar-refractivity contribution is -0.149. The number of ether oxygens (including phenoxy) is 4. The van der Waals surface area contributed by atoms with Crippen molar-refractivity contribution in [3.05, 3.63) is 143 Å². The first-order valence-electron chi connectivity index (χ1n) is 20.4. The van der Waals surface area contributed by atoms with Gasteiger partial charge in [0.15, 0.2) is 0 Å². The predicted octanol–water partition coefficient (Wildman–Crippen LogP) is 6.19. The molecule has 0 unspecified atom stereocenters. The minimum atomic E-state index is -1.08. The molecule has 328 valence electrons. The van der Waals surface area contributed by atoms with Crippen LogP contribution in [0.4, 0.5) is 0 Å². The molecular formula is C48H54N2O12. The van der Waals surface area contributed by atoms with Crippen molar-refractivity contribution >= 4 is 35.7 Å². The fourth-order valence-corrected chi connectivity index (χ4v) is 8.19. The maximum absolute atomic E-state index is 13.3. The molecule has 62 heavy (non-hydrogen) atoms. The van der Waals surface area contributed by atoms with Crippen LogP contribution in [0.1, 0.15) is 82.5 Å². The summed E-state index contributed by atoms with van der Waals surface area (Å²) in [6.07, 6.45) is -1.24. The summed E-state index contributed by atoms with van der Waals surface area (Å²) in [5.41, 5.74) is 3.28. The predicted molar refractivity (Wildman–Crippen MR) is 227 cm³/mol. The van der Waals surface area contributed by atoms with Gasteiger partial charge in [0, 0.05) is 11.1 Å². The third-order valence-electron chi connectivity index (χ3n) is 11.1. The molecule has 0 fully saturated rings. The van der Waals surface area contributed by atoms with E-state index in [-0.39, 0.29) is 49.3 Å². The molecule has 2 N–H and O–H groups in total. The van der Waals surface area contributed by atoms with Crippen LogP contribution in [-0.4, -0.2) is 107 Å². The molecular weight excluding hydrogens is 797 g/mol. The number of esters is 2. The van der Waals surface area contributed by atoms with Crippen LogP contribution < -0.4 is 0 Å². The van der Waals surface area contributed by atoms with Gasteiger partial charge in [-0.3, -0.25) is 28.8 Å². The van der Waals surface area contributed by atoms with E-state index < -0.39 is 71.8 Å². The number of amides is 2. The number of carboxylic acids is 2. The normalized spacial score (nSPS) is 19.1. The molecule has 6 atom stereocenters. The number of nitrogens with zero attached hydrogens (tertiary/aromatic N) is 2. The number of carboxylic acid groups (broad SMARTS) is 2. The number of benzene rings is 4. The highest BCUT2D eigenvalue weighted by Crippen LogP contribution is 2.40. The lowest BCUT2D eigenvalue weighted by Gasteiger charge is -2.44. The fraction of sp³-hybridized carbons (Fsp3) is 0.375. The zero-order chi connectivity index (χ0) is 45.1. The van der Waals surface area contributed by atoms with E-state index in [1.807, 2.05) is 88.4 Å². The quantitative estimate of drug-likeness (QED) is 0.122. The van der Waals surface area contributed by atoms with Crippen molar-refractivity contribution in [3.8, 4) is 0 Å². The third kappa shape index (κ3) is 10.7. The molecule has 2 aliphatic rings. The van der Waals surface area contributed by atoms with E-state index in [4.69, 9.17) is 18.9 Å². The number of methoxy groups -OCH3 is 2. The Kier molecular flexibility index (Phi) is 16.1. The van der Waals surface area contributed by atoms with Crippen LogP contribution in [-0.2, 0) is 51.3 Å². The monoisotopic (exact) mass is 850 g/mol. The summed E-state index contributed by atoms with van der Waals surface area (Å²) in [6, 6.07) is 30.6. The highest BCUT2D eigenvalue weighted by molar-refractivity contribution is 6.02. The van der Waals surface area contributed by atoms with E-state index in [9.17, 15) is 39.0 Å². The molecule has 4 aromatic rings. The van der Waals surface area contributed by atoms with Crippen molar-refractivity contribution in [1.82, 2.24) is 9.80 Å². The average molecular weight is 851 g/mol. The number of hydrogen-bond acceptors (Lipinski definition) is 10. The van der Waals surface area contributed by atoms with Crippen molar-refractivity contribution in [2.75, 3.05) is 27.3 Å². The van der Waals surface area contributed by atoms with Gasteiger partial charge in [0.1, 0.15) is 24.9 Å². The Balaban J connectivity index is 0.000000234. The maximum atomic E-state index is 13.3. The van der Waals surface area contributed by atoms with Gasteiger partial charge in [-0.2, -0.15) is 0 Å².